The van der Waals surface area contributed by atoms with Gasteiger partial charge in [0.1, 0.15) is 11.5 Å². The molecule has 0 spiro atoms. The van der Waals surface area contributed by atoms with E-state index in [2.05, 4.69) is 4.98 Å². The first-order chi connectivity index (χ1) is 10.3. The van der Waals surface area contributed by atoms with Crippen molar-refractivity contribution in [2.75, 3.05) is 31.2 Å². The van der Waals surface area contributed by atoms with Crippen molar-refractivity contribution in [3.05, 3.63) is 23.4 Å². The summed E-state index contributed by atoms with van der Waals surface area (Å²) in [6.45, 7) is 1.72. The van der Waals surface area contributed by atoms with Gasteiger partial charge < -0.3 is 15.4 Å². The molecule has 1 amide bonds. The first-order valence-electron chi connectivity index (χ1n) is 7.06. The monoisotopic (exact) mass is 315 g/mol. The van der Waals surface area contributed by atoms with Crippen LogP contribution in [0.25, 0.3) is 0 Å². The number of primary amides is 1. The number of hydrogen-bond donors (Lipinski definition) is 1. The Bertz CT molecular complexity index is 593. The molecule has 1 saturated carbocycles. The van der Waals surface area contributed by atoms with Crippen molar-refractivity contribution in [2.45, 2.75) is 24.4 Å². The van der Waals surface area contributed by atoms with E-state index in [1.54, 1.807) is 4.90 Å². The Kier molecular flexibility index (Phi) is 3.51. The zero-order valence-corrected chi connectivity index (χ0v) is 11.8. The topological polar surface area (TPSA) is 68.5 Å². The Hall–Kier alpha value is -1.83. The normalized spacial score (nSPS) is 20.8. The van der Waals surface area contributed by atoms with Gasteiger partial charge in [-0.05, 0) is 18.9 Å². The smallest absolute Gasteiger partial charge is 0.378 e. The lowest BCUT2D eigenvalue weighted by Crippen LogP contribution is -2.39. The zero-order chi connectivity index (χ0) is 16.0. The standard InChI is InChI=1S/C14H16F3N3O2/c15-14(16,17)10-2-1-9(13(3-4-13)12(18)21)11(19-10)20-5-7-22-8-6-20/h1-2H,3-8H2,(H2,18,21). The number of aromatic nitrogens is 1. The number of nitrogens with zero attached hydrogens (tertiary/aromatic N) is 2. The van der Waals surface area contributed by atoms with Crippen molar-refractivity contribution in [3.8, 4) is 0 Å². The van der Waals surface area contributed by atoms with Crippen molar-refractivity contribution < 1.29 is 22.7 Å². The molecule has 1 aromatic rings. The molecule has 0 bridgehead atoms. The van der Waals surface area contributed by atoms with Crippen LogP contribution in [0.5, 0.6) is 0 Å². The predicted molar refractivity (Wildman–Crippen MR) is 72.4 cm³/mol. The first-order valence-corrected chi connectivity index (χ1v) is 7.06. The molecule has 3 rings (SSSR count). The number of carbonyl (C=O) groups excluding carboxylic acids is 1. The molecule has 1 saturated heterocycles. The summed E-state index contributed by atoms with van der Waals surface area (Å²) in [6.07, 6.45) is -3.43. The van der Waals surface area contributed by atoms with Crippen LogP contribution >= 0.6 is 0 Å². The summed E-state index contributed by atoms with van der Waals surface area (Å²) in [6, 6.07) is 2.26. The van der Waals surface area contributed by atoms with E-state index in [1.807, 2.05) is 0 Å². The Morgan fingerprint density at radius 3 is 2.41 bits per heavy atom. The summed E-state index contributed by atoms with van der Waals surface area (Å²) in [7, 11) is 0. The van der Waals surface area contributed by atoms with E-state index in [-0.39, 0.29) is 5.82 Å². The molecule has 8 heteroatoms. The number of ether oxygens (including phenoxy) is 1. The van der Waals surface area contributed by atoms with Gasteiger partial charge in [-0.1, -0.05) is 6.07 Å². The van der Waals surface area contributed by atoms with Crippen LogP contribution in [-0.4, -0.2) is 37.2 Å². The molecular weight excluding hydrogens is 299 g/mol. The fourth-order valence-corrected chi connectivity index (χ4v) is 2.77. The van der Waals surface area contributed by atoms with E-state index in [4.69, 9.17) is 10.5 Å². The maximum absolute atomic E-state index is 12.9. The van der Waals surface area contributed by atoms with Crippen LogP contribution in [-0.2, 0) is 21.1 Å². The second-order valence-electron chi connectivity index (χ2n) is 5.61. The van der Waals surface area contributed by atoms with Gasteiger partial charge in [-0.15, -0.1) is 0 Å². The maximum atomic E-state index is 12.9. The number of pyridine rings is 1. The largest absolute Gasteiger partial charge is 0.433 e. The number of amides is 1. The first kappa shape index (κ1) is 15.1. The molecule has 22 heavy (non-hydrogen) atoms. The molecule has 1 aliphatic carbocycles. The minimum atomic E-state index is -4.52. The number of carbonyl (C=O) groups is 1. The van der Waals surface area contributed by atoms with Crippen LogP contribution in [0.3, 0.4) is 0 Å². The van der Waals surface area contributed by atoms with Gasteiger partial charge in [0.05, 0.1) is 18.6 Å². The van der Waals surface area contributed by atoms with Gasteiger partial charge >= 0.3 is 6.18 Å². The van der Waals surface area contributed by atoms with Gasteiger partial charge in [-0.25, -0.2) is 4.98 Å². The van der Waals surface area contributed by atoms with Crippen LogP contribution in [0.1, 0.15) is 24.1 Å². The molecule has 5 nitrogen and oxygen atoms in total. The lowest BCUT2D eigenvalue weighted by molar-refractivity contribution is -0.141. The SMILES string of the molecule is NC(=O)C1(c2ccc(C(F)(F)F)nc2N2CCOCC2)CC1. The van der Waals surface area contributed by atoms with Gasteiger partial charge in [0, 0.05) is 18.7 Å². The van der Waals surface area contributed by atoms with Crippen molar-refractivity contribution in [1.82, 2.24) is 4.98 Å². The molecule has 1 aromatic heterocycles. The van der Waals surface area contributed by atoms with Gasteiger partial charge in [0.2, 0.25) is 5.91 Å². The number of anilines is 1. The minimum absolute atomic E-state index is 0.203. The highest BCUT2D eigenvalue weighted by Crippen LogP contribution is 2.51. The van der Waals surface area contributed by atoms with Crippen LogP contribution in [0.15, 0.2) is 12.1 Å². The average molecular weight is 315 g/mol. The molecule has 2 aliphatic rings. The summed E-state index contributed by atoms with van der Waals surface area (Å²) in [5.41, 5.74) is 4.12. The molecule has 120 valence electrons. The third-order valence-corrected chi connectivity index (χ3v) is 4.21. The van der Waals surface area contributed by atoms with Crippen molar-refractivity contribution >= 4 is 11.7 Å². The summed E-state index contributed by atoms with van der Waals surface area (Å²) in [5.74, 6) is -0.307. The van der Waals surface area contributed by atoms with Gasteiger partial charge in [-0.2, -0.15) is 13.2 Å². The molecule has 2 heterocycles. The van der Waals surface area contributed by atoms with E-state index in [1.165, 1.54) is 6.07 Å². The minimum Gasteiger partial charge on any atom is -0.378 e. The highest BCUT2D eigenvalue weighted by Gasteiger charge is 2.52. The van der Waals surface area contributed by atoms with Crippen LogP contribution in [0, 0.1) is 0 Å². The number of hydrogen-bond acceptors (Lipinski definition) is 4. The Balaban J connectivity index is 2.07. The van der Waals surface area contributed by atoms with Crippen molar-refractivity contribution in [1.29, 1.82) is 0 Å². The fraction of sp³-hybridized carbons (Fsp3) is 0.571. The van der Waals surface area contributed by atoms with E-state index in [0.29, 0.717) is 44.7 Å². The number of nitrogens with two attached hydrogens (primary N) is 1. The molecule has 0 atom stereocenters. The number of morpholine rings is 1. The third kappa shape index (κ3) is 2.51. The molecular formula is C14H16F3N3O2. The Morgan fingerprint density at radius 1 is 1.27 bits per heavy atom. The summed E-state index contributed by atoms with van der Waals surface area (Å²) >= 11 is 0. The molecule has 2 fully saturated rings. The average Bonchev–Trinajstić information content (AvgIpc) is 3.28. The highest BCUT2D eigenvalue weighted by atomic mass is 19.4. The molecule has 0 aromatic carbocycles. The van der Waals surface area contributed by atoms with E-state index < -0.39 is 23.2 Å². The van der Waals surface area contributed by atoms with Crippen molar-refractivity contribution in [3.63, 3.8) is 0 Å². The van der Waals surface area contributed by atoms with E-state index in [9.17, 15) is 18.0 Å². The zero-order valence-electron chi connectivity index (χ0n) is 11.8. The fourth-order valence-electron chi connectivity index (χ4n) is 2.77. The Labute approximate surface area is 125 Å². The molecule has 2 N–H and O–H groups in total. The Morgan fingerprint density at radius 2 is 1.91 bits per heavy atom. The highest BCUT2D eigenvalue weighted by molar-refractivity contribution is 5.91. The van der Waals surface area contributed by atoms with Crippen LogP contribution < -0.4 is 10.6 Å². The van der Waals surface area contributed by atoms with Gasteiger partial charge in [-0.3, -0.25) is 4.79 Å². The van der Waals surface area contributed by atoms with E-state index >= 15 is 0 Å². The van der Waals surface area contributed by atoms with Gasteiger partial charge in [0.25, 0.3) is 0 Å². The third-order valence-electron chi connectivity index (χ3n) is 4.21. The summed E-state index contributed by atoms with van der Waals surface area (Å²) in [5, 5.41) is 0. The molecule has 1 aliphatic heterocycles. The van der Waals surface area contributed by atoms with Crippen molar-refractivity contribution in [2.24, 2.45) is 5.73 Å². The maximum Gasteiger partial charge on any atom is 0.433 e. The van der Waals surface area contributed by atoms with E-state index in [0.717, 1.165) is 6.07 Å². The second kappa shape index (κ2) is 5.12. The summed E-state index contributed by atoms with van der Waals surface area (Å²) < 4.78 is 44.0. The quantitative estimate of drug-likeness (QED) is 0.917. The predicted octanol–water partition coefficient (Wildman–Crippen LogP) is 1.45. The number of halogens is 3. The van der Waals surface area contributed by atoms with Gasteiger partial charge in [0.15, 0.2) is 0 Å². The second-order valence-corrected chi connectivity index (χ2v) is 5.61. The molecule has 0 radical (unpaired) electrons. The summed E-state index contributed by atoms with van der Waals surface area (Å²) in [4.78, 5) is 17.3. The lowest BCUT2D eigenvalue weighted by Gasteiger charge is -2.31. The lowest BCUT2D eigenvalue weighted by atomic mass is 9.94. The number of rotatable bonds is 3. The van der Waals surface area contributed by atoms with Crippen LogP contribution in [0.2, 0.25) is 0 Å². The van der Waals surface area contributed by atoms with Crippen LogP contribution in [0.4, 0.5) is 19.0 Å². The number of alkyl halides is 3. The molecule has 0 unspecified atom stereocenters.